The number of hydrogen-bond donors (Lipinski definition) is 0. The third-order valence-electron chi connectivity index (χ3n) is 2.45. The minimum Gasteiger partial charge on any atom is -0.235 e. The van der Waals surface area contributed by atoms with Crippen molar-refractivity contribution >= 4 is 27.8 Å². The lowest BCUT2D eigenvalue weighted by molar-refractivity contribution is 1.09. The molecular formula is C11H10N2S. The average molecular weight is 202 g/mol. The Labute approximate surface area is 86.3 Å². The van der Waals surface area contributed by atoms with E-state index in [0.29, 0.717) is 0 Å². The first kappa shape index (κ1) is 8.12. The summed E-state index contributed by atoms with van der Waals surface area (Å²) in [4.78, 5) is 8.83. The van der Waals surface area contributed by atoms with Crippen LogP contribution in [0, 0.1) is 0 Å². The van der Waals surface area contributed by atoms with E-state index in [0.717, 1.165) is 17.1 Å². The lowest BCUT2D eigenvalue weighted by atomic mass is 10.3. The number of thiazole rings is 1. The Morgan fingerprint density at radius 2 is 2.36 bits per heavy atom. The Bertz CT molecular complexity index is 497. The summed E-state index contributed by atoms with van der Waals surface area (Å²) in [7, 11) is 0. The molecule has 14 heavy (non-hydrogen) atoms. The molecule has 0 atom stereocenters. The van der Waals surface area contributed by atoms with Gasteiger partial charge in [-0.05, 0) is 24.5 Å². The van der Waals surface area contributed by atoms with Crippen molar-refractivity contribution in [2.75, 3.05) is 0 Å². The van der Waals surface area contributed by atoms with Crippen LogP contribution in [0.25, 0.3) is 16.4 Å². The highest BCUT2D eigenvalue weighted by Gasteiger charge is 2.27. The molecule has 1 aliphatic rings. The molecule has 1 aliphatic carbocycles. The summed E-state index contributed by atoms with van der Waals surface area (Å²) in [5.41, 5.74) is 1.96. The SMILES string of the molecule is C=Cc1cnc2nc(C3CC3)sc2c1. The molecule has 0 saturated heterocycles. The Balaban J connectivity index is 2.17. The molecule has 0 aliphatic heterocycles. The quantitative estimate of drug-likeness (QED) is 0.747. The maximum atomic E-state index is 4.52. The monoisotopic (exact) mass is 202 g/mol. The minimum absolute atomic E-state index is 0.724. The highest BCUT2D eigenvalue weighted by Crippen LogP contribution is 2.42. The van der Waals surface area contributed by atoms with Crippen LogP contribution in [0.4, 0.5) is 0 Å². The molecule has 1 fully saturated rings. The molecule has 2 aromatic heterocycles. The highest BCUT2D eigenvalue weighted by molar-refractivity contribution is 7.18. The van der Waals surface area contributed by atoms with Crippen LogP contribution < -0.4 is 0 Å². The molecule has 0 aromatic carbocycles. The maximum Gasteiger partial charge on any atom is 0.170 e. The molecule has 0 N–H and O–H groups in total. The minimum atomic E-state index is 0.724. The van der Waals surface area contributed by atoms with Crippen LogP contribution in [0.1, 0.15) is 29.3 Å². The van der Waals surface area contributed by atoms with E-state index in [1.54, 1.807) is 11.3 Å². The first-order valence-corrected chi connectivity index (χ1v) is 5.57. The molecule has 0 unspecified atom stereocenters. The van der Waals surface area contributed by atoms with Crippen molar-refractivity contribution in [1.82, 2.24) is 9.97 Å². The van der Waals surface area contributed by atoms with Crippen LogP contribution >= 0.6 is 11.3 Å². The van der Waals surface area contributed by atoms with E-state index in [2.05, 4.69) is 22.6 Å². The van der Waals surface area contributed by atoms with Crippen molar-refractivity contribution in [1.29, 1.82) is 0 Å². The van der Waals surface area contributed by atoms with Gasteiger partial charge in [0.1, 0.15) is 0 Å². The highest BCUT2D eigenvalue weighted by atomic mass is 32.1. The fourth-order valence-electron chi connectivity index (χ4n) is 1.47. The van der Waals surface area contributed by atoms with Crippen LogP contribution in [0.2, 0.25) is 0 Å². The zero-order valence-electron chi connectivity index (χ0n) is 7.73. The third-order valence-corrected chi connectivity index (χ3v) is 3.60. The zero-order chi connectivity index (χ0) is 9.54. The van der Waals surface area contributed by atoms with Crippen molar-refractivity contribution in [3.63, 3.8) is 0 Å². The largest absolute Gasteiger partial charge is 0.235 e. The van der Waals surface area contributed by atoms with Gasteiger partial charge in [0.05, 0.1) is 9.71 Å². The molecule has 2 aromatic rings. The Morgan fingerprint density at radius 1 is 1.50 bits per heavy atom. The third kappa shape index (κ3) is 1.24. The Kier molecular flexibility index (Phi) is 1.67. The molecule has 0 bridgehead atoms. The normalized spacial score (nSPS) is 16.0. The van der Waals surface area contributed by atoms with Gasteiger partial charge >= 0.3 is 0 Å². The lowest BCUT2D eigenvalue weighted by Gasteiger charge is -1.89. The van der Waals surface area contributed by atoms with Crippen LogP contribution in [-0.2, 0) is 0 Å². The second-order valence-electron chi connectivity index (χ2n) is 3.62. The maximum absolute atomic E-state index is 4.52. The first-order valence-electron chi connectivity index (χ1n) is 4.76. The number of pyridine rings is 1. The van der Waals surface area contributed by atoms with Gasteiger partial charge in [0.25, 0.3) is 0 Å². The standard InChI is InChI=1S/C11H10N2S/c1-2-7-5-9-10(12-6-7)13-11(14-9)8-3-4-8/h2,5-6,8H,1,3-4H2. The number of hydrogen-bond acceptors (Lipinski definition) is 3. The molecule has 1 saturated carbocycles. The van der Waals surface area contributed by atoms with Gasteiger partial charge in [-0.2, -0.15) is 0 Å². The summed E-state index contributed by atoms with van der Waals surface area (Å²) in [6, 6.07) is 2.11. The molecule has 0 amide bonds. The summed E-state index contributed by atoms with van der Waals surface area (Å²) in [6.07, 6.45) is 6.25. The van der Waals surface area contributed by atoms with Gasteiger partial charge in [-0.25, -0.2) is 9.97 Å². The van der Waals surface area contributed by atoms with Crippen LogP contribution in [-0.4, -0.2) is 9.97 Å². The van der Waals surface area contributed by atoms with Gasteiger partial charge < -0.3 is 0 Å². The van der Waals surface area contributed by atoms with E-state index in [-0.39, 0.29) is 0 Å². The smallest absolute Gasteiger partial charge is 0.170 e. The summed E-state index contributed by atoms with van der Waals surface area (Å²) in [6.45, 7) is 3.74. The fourth-order valence-corrected chi connectivity index (χ4v) is 2.61. The van der Waals surface area contributed by atoms with E-state index in [9.17, 15) is 0 Å². The van der Waals surface area contributed by atoms with Crippen molar-refractivity contribution in [2.45, 2.75) is 18.8 Å². The predicted molar refractivity (Wildman–Crippen MR) is 59.5 cm³/mol. The Hall–Kier alpha value is -1.22. The molecule has 3 rings (SSSR count). The van der Waals surface area contributed by atoms with Crippen LogP contribution in [0.15, 0.2) is 18.8 Å². The number of nitrogens with zero attached hydrogens (tertiary/aromatic N) is 2. The summed E-state index contributed by atoms with van der Waals surface area (Å²) in [5.74, 6) is 0.724. The van der Waals surface area contributed by atoms with Crippen molar-refractivity contribution in [2.24, 2.45) is 0 Å². The van der Waals surface area contributed by atoms with Gasteiger partial charge in [-0.3, -0.25) is 0 Å². The van der Waals surface area contributed by atoms with Gasteiger partial charge in [0.15, 0.2) is 5.65 Å². The van der Waals surface area contributed by atoms with Gasteiger partial charge in [-0.1, -0.05) is 12.7 Å². The second kappa shape index (κ2) is 2.89. The number of aromatic nitrogens is 2. The molecule has 3 heteroatoms. The van der Waals surface area contributed by atoms with Crippen molar-refractivity contribution in [3.05, 3.63) is 29.4 Å². The number of fused-ring (bicyclic) bond motifs is 1. The predicted octanol–water partition coefficient (Wildman–Crippen LogP) is 3.21. The van der Waals surface area contributed by atoms with Gasteiger partial charge in [-0.15, -0.1) is 11.3 Å². The first-order chi connectivity index (χ1) is 6.86. The topological polar surface area (TPSA) is 25.8 Å². The van der Waals surface area contributed by atoms with Gasteiger partial charge in [0.2, 0.25) is 0 Å². The molecule has 2 heterocycles. The Morgan fingerprint density at radius 3 is 3.07 bits per heavy atom. The van der Waals surface area contributed by atoms with E-state index < -0.39 is 0 Å². The second-order valence-corrected chi connectivity index (χ2v) is 4.68. The van der Waals surface area contributed by atoms with E-state index in [1.165, 1.54) is 22.5 Å². The molecule has 2 nitrogen and oxygen atoms in total. The average Bonchev–Trinajstić information content (AvgIpc) is 2.97. The molecule has 0 radical (unpaired) electrons. The summed E-state index contributed by atoms with van der Waals surface area (Å²) >= 11 is 1.78. The van der Waals surface area contributed by atoms with E-state index in [4.69, 9.17) is 0 Å². The summed E-state index contributed by atoms with van der Waals surface area (Å²) < 4.78 is 1.18. The molecule has 70 valence electrons. The fraction of sp³-hybridized carbons (Fsp3) is 0.273. The van der Waals surface area contributed by atoms with E-state index >= 15 is 0 Å². The summed E-state index contributed by atoms with van der Waals surface area (Å²) in [5, 5.41) is 1.26. The van der Waals surface area contributed by atoms with Crippen molar-refractivity contribution < 1.29 is 0 Å². The number of rotatable bonds is 2. The molecule has 0 spiro atoms. The van der Waals surface area contributed by atoms with Crippen LogP contribution in [0.3, 0.4) is 0 Å². The molecular weight excluding hydrogens is 192 g/mol. The van der Waals surface area contributed by atoms with Crippen LogP contribution in [0.5, 0.6) is 0 Å². The lowest BCUT2D eigenvalue weighted by Crippen LogP contribution is -1.79. The van der Waals surface area contributed by atoms with Gasteiger partial charge in [0, 0.05) is 12.1 Å². The zero-order valence-corrected chi connectivity index (χ0v) is 8.55. The van der Waals surface area contributed by atoms with E-state index in [1.807, 2.05) is 12.3 Å². The van der Waals surface area contributed by atoms with Crippen molar-refractivity contribution in [3.8, 4) is 0 Å².